The molecule has 2 nitrogen and oxygen atoms in total. The summed E-state index contributed by atoms with van der Waals surface area (Å²) in [5.74, 6) is 4.92. The van der Waals surface area contributed by atoms with Crippen LogP contribution in [0.1, 0.15) is 99.3 Å². The monoisotopic (exact) mass is 416 g/mol. The van der Waals surface area contributed by atoms with E-state index in [4.69, 9.17) is 0 Å². The molecule has 0 saturated heterocycles. The molecule has 0 unspecified atom stereocenters. The second kappa shape index (κ2) is 8.22. The zero-order chi connectivity index (χ0) is 21.8. The molecule has 0 radical (unpaired) electrons. The van der Waals surface area contributed by atoms with Crippen molar-refractivity contribution in [1.82, 2.24) is 0 Å². The molecule has 10 atom stereocenters. The van der Waals surface area contributed by atoms with Crippen LogP contribution in [0.4, 0.5) is 0 Å². The average molecular weight is 417 g/mol. The highest BCUT2D eigenvalue weighted by Gasteiger charge is 2.61. The Kier molecular flexibility index (Phi) is 6.26. The van der Waals surface area contributed by atoms with E-state index >= 15 is 0 Å². The van der Waals surface area contributed by atoms with Crippen LogP contribution in [0.15, 0.2) is 11.6 Å². The van der Waals surface area contributed by atoms with Gasteiger partial charge in [-0.15, -0.1) is 0 Å². The van der Waals surface area contributed by atoms with E-state index in [2.05, 4.69) is 47.6 Å². The zero-order valence-electron chi connectivity index (χ0n) is 20.5. The normalized spacial score (nSPS) is 47.8. The van der Waals surface area contributed by atoms with E-state index in [1.807, 2.05) is 0 Å². The molecule has 3 fully saturated rings. The highest BCUT2D eigenvalue weighted by atomic mass is 16.3. The van der Waals surface area contributed by atoms with Crippen molar-refractivity contribution >= 4 is 0 Å². The van der Waals surface area contributed by atoms with Gasteiger partial charge in [0.2, 0.25) is 0 Å². The first-order valence-corrected chi connectivity index (χ1v) is 13.1. The quantitative estimate of drug-likeness (QED) is 0.495. The predicted molar refractivity (Wildman–Crippen MR) is 125 cm³/mol. The van der Waals surface area contributed by atoms with E-state index in [-0.39, 0.29) is 17.6 Å². The Labute approximate surface area is 185 Å². The van der Waals surface area contributed by atoms with Gasteiger partial charge < -0.3 is 10.2 Å². The van der Waals surface area contributed by atoms with Gasteiger partial charge in [0.25, 0.3) is 0 Å². The summed E-state index contributed by atoms with van der Waals surface area (Å²) in [6.45, 7) is 14.7. The van der Waals surface area contributed by atoms with Gasteiger partial charge in [-0.05, 0) is 97.2 Å². The van der Waals surface area contributed by atoms with Crippen molar-refractivity contribution in [3.8, 4) is 0 Å². The van der Waals surface area contributed by atoms with E-state index in [1.165, 1.54) is 44.1 Å². The zero-order valence-corrected chi connectivity index (χ0v) is 20.5. The minimum Gasteiger partial charge on any atom is -0.393 e. The molecule has 4 aliphatic rings. The fourth-order valence-electron chi connectivity index (χ4n) is 8.67. The number of aliphatic hydroxyl groups is 2. The maximum absolute atomic E-state index is 11.3. The van der Waals surface area contributed by atoms with Crippen molar-refractivity contribution in [3.63, 3.8) is 0 Å². The summed E-state index contributed by atoms with van der Waals surface area (Å²) < 4.78 is 0. The third-order valence-corrected chi connectivity index (χ3v) is 11.1. The van der Waals surface area contributed by atoms with Gasteiger partial charge in [0.05, 0.1) is 12.2 Å². The first-order chi connectivity index (χ1) is 14.1. The smallest absolute Gasteiger partial charge is 0.0757 e. The SMILES string of the molecule is CC(C)[C@@H](C)CC[C@@H](C)[C@H]1CC[C@H]2[C@@H]3[C@@H](O)C=C4C[C@@H](O)CC[C@]4(C)[C@H]3CC[C@]12C. The van der Waals surface area contributed by atoms with Crippen LogP contribution in [0.25, 0.3) is 0 Å². The van der Waals surface area contributed by atoms with Crippen LogP contribution in [-0.2, 0) is 0 Å². The number of fused-ring (bicyclic) bond motifs is 5. The average Bonchev–Trinajstić information content (AvgIpc) is 3.04. The van der Waals surface area contributed by atoms with E-state index in [0.717, 1.165) is 42.9 Å². The molecule has 3 saturated carbocycles. The number of aliphatic hydroxyl groups excluding tert-OH is 2. The van der Waals surface area contributed by atoms with Gasteiger partial charge >= 0.3 is 0 Å². The summed E-state index contributed by atoms with van der Waals surface area (Å²) in [4.78, 5) is 0. The number of hydrogen-bond donors (Lipinski definition) is 2. The fraction of sp³-hybridized carbons (Fsp3) is 0.929. The second-order valence-corrected chi connectivity index (χ2v) is 12.8. The van der Waals surface area contributed by atoms with Gasteiger partial charge in [-0.25, -0.2) is 0 Å². The minimum atomic E-state index is -0.303. The van der Waals surface area contributed by atoms with Gasteiger partial charge in [0.1, 0.15) is 0 Å². The molecular formula is C28H48O2. The largest absolute Gasteiger partial charge is 0.393 e. The standard InChI is InChI=1S/C28H48O2/c1-17(2)18(3)7-8-19(4)22-9-10-23-26-24(12-14-28(22,23)6)27(5)13-11-21(29)15-20(27)16-25(26)30/h16-19,21-26,29-30H,7-15H2,1-6H3/t18-,19+,21-,22+,23-,24-,25-,26-,27-,28+/m0/s1. The first-order valence-electron chi connectivity index (χ1n) is 13.1. The van der Waals surface area contributed by atoms with Crippen molar-refractivity contribution in [2.45, 2.75) is 112 Å². The number of rotatable bonds is 5. The summed E-state index contributed by atoms with van der Waals surface area (Å²) >= 11 is 0. The van der Waals surface area contributed by atoms with Crippen molar-refractivity contribution in [2.75, 3.05) is 0 Å². The van der Waals surface area contributed by atoms with E-state index in [9.17, 15) is 10.2 Å². The Balaban J connectivity index is 1.53. The molecule has 30 heavy (non-hydrogen) atoms. The fourth-order valence-corrected chi connectivity index (χ4v) is 8.67. The Bertz CT molecular complexity index is 653. The summed E-state index contributed by atoms with van der Waals surface area (Å²) in [7, 11) is 0. The van der Waals surface area contributed by atoms with Crippen LogP contribution in [0.3, 0.4) is 0 Å². The lowest BCUT2D eigenvalue weighted by atomic mass is 9.46. The van der Waals surface area contributed by atoms with E-state index in [0.29, 0.717) is 23.2 Å². The molecule has 0 aromatic heterocycles. The maximum Gasteiger partial charge on any atom is 0.0757 e. The Hall–Kier alpha value is -0.340. The molecule has 0 spiro atoms. The molecule has 2 heteroatoms. The summed E-state index contributed by atoms with van der Waals surface area (Å²) in [6.07, 6.45) is 12.5. The minimum absolute atomic E-state index is 0.202. The molecule has 0 aromatic carbocycles. The molecule has 4 aliphatic carbocycles. The van der Waals surface area contributed by atoms with Crippen LogP contribution in [0.2, 0.25) is 0 Å². The summed E-state index contributed by atoms with van der Waals surface area (Å²) in [6, 6.07) is 0. The molecule has 0 aromatic rings. The number of hydrogen-bond acceptors (Lipinski definition) is 2. The van der Waals surface area contributed by atoms with Crippen LogP contribution in [0, 0.1) is 52.3 Å². The molecule has 0 amide bonds. The van der Waals surface area contributed by atoms with Crippen LogP contribution < -0.4 is 0 Å². The molecule has 0 bridgehead atoms. The van der Waals surface area contributed by atoms with Crippen molar-refractivity contribution in [2.24, 2.45) is 52.3 Å². The van der Waals surface area contributed by atoms with E-state index in [1.54, 1.807) is 0 Å². The molecule has 0 heterocycles. The molecule has 0 aliphatic heterocycles. The van der Waals surface area contributed by atoms with Crippen molar-refractivity contribution in [1.29, 1.82) is 0 Å². The lowest BCUT2D eigenvalue weighted by Crippen LogP contribution is -2.54. The van der Waals surface area contributed by atoms with Crippen molar-refractivity contribution in [3.05, 3.63) is 11.6 Å². The maximum atomic E-state index is 11.3. The van der Waals surface area contributed by atoms with Crippen LogP contribution in [-0.4, -0.2) is 22.4 Å². The highest BCUT2D eigenvalue weighted by Crippen LogP contribution is 2.67. The second-order valence-electron chi connectivity index (χ2n) is 12.8. The van der Waals surface area contributed by atoms with Gasteiger partial charge in [0.15, 0.2) is 0 Å². The van der Waals surface area contributed by atoms with E-state index < -0.39 is 0 Å². The van der Waals surface area contributed by atoms with Crippen LogP contribution in [0.5, 0.6) is 0 Å². The summed E-state index contributed by atoms with van der Waals surface area (Å²) in [5, 5.41) is 21.5. The predicted octanol–water partition coefficient (Wildman–Crippen LogP) is 6.61. The molecule has 4 rings (SSSR count). The topological polar surface area (TPSA) is 40.5 Å². The summed E-state index contributed by atoms with van der Waals surface area (Å²) in [5.41, 5.74) is 1.98. The Morgan fingerprint density at radius 1 is 0.933 bits per heavy atom. The lowest BCUT2D eigenvalue weighted by molar-refractivity contribution is -0.0971. The molecular weight excluding hydrogens is 368 g/mol. The van der Waals surface area contributed by atoms with Crippen molar-refractivity contribution < 1.29 is 10.2 Å². The third-order valence-electron chi connectivity index (χ3n) is 11.1. The third kappa shape index (κ3) is 3.62. The first kappa shape index (κ1) is 22.8. The Morgan fingerprint density at radius 2 is 1.67 bits per heavy atom. The Morgan fingerprint density at radius 3 is 2.37 bits per heavy atom. The van der Waals surface area contributed by atoms with Gasteiger partial charge in [-0.2, -0.15) is 0 Å². The molecule has 2 N–H and O–H groups in total. The lowest BCUT2D eigenvalue weighted by Gasteiger charge is -2.59. The van der Waals surface area contributed by atoms with Gasteiger partial charge in [0, 0.05) is 0 Å². The van der Waals surface area contributed by atoms with Gasteiger partial charge in [-0.1, -0.05) is 66.0 Å². The highest BCUT2D eigenvalue weighted by molar-refractivity contribution is 5.27. The molecule has 172 valence electrons. The van der Waals surface area contributed by atoms with Gasteiger partial charge in [-0.3, -0.25) is 0 Å². The van der Waals surface area contributed by atoms with Crippen LogP contribution >= 0.6 is 0 Å².